The third kappa shape index (κ3) is 1.39. The van der Waals surface area contributed by atoms with Crippen LogP contribution >= 0.6 is 0 Å². The fourth-order valence-electron chi connectivity index (χ4n) is 5.19. The number of carboxylic acids is 1. The average molecular weight is 333 g/mol. The zero-order valence-electron chi connectivity index (χ0n) is 14.5. The molecule has 5 heteroatoms. The molecule has 5 rings (SSSR count). The molecule has 5 nitrogen and oxygen atoms in total. The van der Waals surface area contributed by atoms with Crippen molar-refractivity contribution in [2.45, 2.75) is 44.4 Å². The quantitative estimate of drug-likeness (QED) is 0.689. The molecule has 1 aromatic carbocycles. The predicted molar refractivity (Wildman–Crippen MR) is 94.5 cm³/mol. The van der Waals surface area contributed by atoms with Crippen molar-refractivity contribution in [3.8, 4) is 0 Å². The first-order valence-corrected chi connectivity index (χ1v) is 8.63. The molecule has 126 valence electrons. The van der Waals surface area contributed by atoms with Crippen LogP contribution in [-0.4, -0.2) is 26.0 Å². The Kier molecular flexibility index (Phi) is 2.45. The Morgan fingerprint density at radius 2 is 1.80 bits per heavy atom. The van der Waals surface area contributed by atoms with E-state index in [-0.39, 0.29) is 5.41 Å². The number of rotatable bonds is 1. The van der Waals surface area contributed by atoms with Crippen LogP contribution in [0, 0.1) is 5.41 Å². The van der Waals surface area contributed by atoms with Crippen molar-refractivity contribution in [3.63, 3.8) is 0 Å². The number of fused-ring (bicyclic) bond motifs is 8. The van der Waals surface area contributed by atoms with Gasteiger partial charge in [0, 0.05) is 17.0 Å². The molecule has 25 heavy (non-hydrogen) atoms. The van der Waals surface area contributed by atoms with E-state index in [1.807, 2.05) is 24.3 Å². The summed E-state index contributed by atoms with van der Waals surface area (Å²) in [5, 5.41) is 11.1. The number of aromatic nitrogens is 3. The largest absolute Gasteiger partial charge is 0.481 e. The molecular weight excluding hydrogens is 314 g/mol. The number of benzene rings is 1. The normalized spacial score (nSPS) is 29.2. The Balaban J connectivity index is 1.95. The summed E-state index contributed by atoms with van der Waals surface area (Å²) in [6, 6.07) is 7.72. The van der Waals surface area contributed by atoms with E-state index in [0.717, 1.165) is 34.1 Å². The van der Waals surface area contributed by atoms with E-state index in [1.54, 1.807) is 6.20 Å². The van der Waals surface area contributed by atoms with Gasteiger partial charge in [0.15, 0.2) is 0 Å². The fourth-order valence-corrected chi connectivity index (χ4v) is 5.19. The Labute approximate surface area is 145 Å². The Morgan fingerprint density at radius 3 is 2.56 bits per heavy atom. The summed E-state index contributed by atoms with van der Waals surface area (Å²) in [5.74, 6) is -0.781. The molecule has 0 radical (unpaired) electrons. The highest BCUT2D eigenvalue weighted by atomic mass is 16.4. The van der Waals surface area contributed by atoms with Gasteiger partial charge in [0.05, 0.1) is 27.9 Å². The molecular formula is C20H19N3O2. The van der Waals surface area contributed by atoms with Gasteiger partial charge >= 0.3 is 5.97 Å². The summed E-state index contributed by atoms with van der Waals surface area (Å²) in [6.45, 7) is 6.26. The van der Waals surface area contributed by atoms with Crippen LogP contribution in [0.1, 0.15) is 45.0 Å². The van der Waals surface area contributed by atoms with Gasteiger partial charge in [-0.25, -0.2) is 9.97 Å². The van der Waals surface area contributed by atoms with E-state index in [9.17, 15) is 9.90 Å². The number of hydrogen-bond donors (Lipinski definition) is 1. The Hall–Kier alpha value is -2.56. The van der Waals surface area contributed by atoms with Crippen molar-refractivity contribution in [2.75, 3.05) is 0 Å². The lowest BCUT2D eigenvalue weighted by Crippen LogP contribution is -2.45. The lowest BCUT2D eigenvalue weighted by atomic mass is 9.64. The molecule has 2 bridgehead atoms. The second-order valence-corrected chi connectivity index (χ2v) is 8.09. The second kappa shape index (κ2) is 4.15. The summed E-state index contributed by atoms with van der Waals surface area (Å²) in [7, 11) is 0. The molecule has 0 aliphatic heterocycles. The zero-order chi connectivity index (χ0) is 17.6. The third-order valence-electron chi connectivity index (χ3n) is 7.15. The van der Waals surface area contributed by atoms with Crippen molar-refractivity contribution in [1.29, 1.82) is 0 Å². The lowest BCUT2D eigenvalue weighted by molar-refractivity contribution is -0.148. The van der Waals surface area contributed by atoms with E-state index in [0.29, 0.717) is 12.1 Å². The topological polar surface area (TPSA) is 76.0 Å². The summed E-state index contributed by atoms with van der Waals surface area (Å²) in [6.07, 6.45) is 3.21. The third-order valence-corrected chi connectivity index (χ3v) is 7.15. The summed E-state index contributed by atoms with van der Waals surface area (Å²) < 4.78 is 0. The number of carbonyl (C=O) groups is 1. The van der Waals surface area contributed by atoms with Crippen molar-refractivity contribution in [3.05, 3.63) is 41.9 Å². The molecule has 2 aliphatic rings. The smallest absolute Gasteiger partial charge is 0.316 e. The highest BCUT2D eigenvalue weighted by molar-refractivity contribution is 6.02. The molecule has 2 aliphatic carbocycles. The van der Waals surface area contributed by atoms with Crippen LogP contribution in [0.5, 0.6) is 0 Å². The minimum absolute atomic E-state index is 0.285. The highest BCUT2D eigenvalue weighted by Gasteiger charge is 2.73. The molecule has 0 unspecified atom stereocenters. The molecule has 2 aromatic heterocycles. The van der Waals surface area contributed by atoms with Gasteiger partial charge in [-0.1, -0.05) is 20.8 Å². The molecule has 1 N–H and O–H groups in total. The fraction of sp³-hybridized carbons (Fsp3) is 0.400. The molecule has 2 atom stereocenters. The van der Waals surface area contributed by atoms with Crippen LogP contribution in [0.2, 0.25) is 0 Å². The van der Waals surface area contributed by atoms with Crippen LogP contribution in [-0.2, 0) is 15.6 Å². The van der Waals surface area contributed by atoms with E-state index in [1.165, 1.54) is 0 Å². The molecule has 0 spiro atoms. The molecule has 3 aromatic rings. The number of aliphatic carboxylic acids is 1. The molecule has 1 saturated carbocycles. The van der Waals surface area contributed by atoms with Crippen LogP contribution in [0.3, 0.4) is 0 Å². The van der Waals surface area contributed by atoms with Gasteiger partial charge in [-0.05, 0) is 42.5 Å². The first-order chi connectivity index (χ1) is 11.8. The van der Waals surface area contributed by atoms with Gasteiger partial charge in [0.2, 0.25) is 0 Å². The van der Waals surface area contributed by atoms with Crippen LogP contribution in [0.25, 0.3) is 21.9 Å². The second-order valence-electron chi connectivity index (χ2n) is 8.09. The van der Waals surface area contributed by atoms with Crippen LogP contribution in [0.4, 0.5) is 0 Å². The van der Waals surface area contributed by atoms with E-state index >= 15 is 0 Å². The minimum Gasteiger partial charge on any atom is -0.481 e. The molecule has 0 amide bonds. The van der Waals surface area contributed by atoms with Gasteiger partial charge in [-0.15, -0.1) is 0 Å². The highest BCUT2D eigenvalue weighted by Crippen LogP contribution is 2.70. The number of pyridine rings is 1. The molecule has 1 fully saturated rings. The summed E-state index contributed by atoms with van der Waals surface area (Å²) in [4.78, 5) is 26.6. The number of nitrogens with zero attached hydrogens (tertiary/aromatic N) is 3. The number of carboxylic acid groups (broad SMARTS) is 1. The first kappa shape index (κ1) is 14.8. The standard InChI is InChI=1S/C20H19N3O2/c1-18(2)19(3)8-9-20(18,17(24)25)16-15(19)23-14-11-5-4-10-21-12(11)6-7-13(14)22-16/h4-7,10H,8-9H2,1-3H3,(H,24,25)/t19-,20+/m1/s1. The van der Waals surface area contributed by atoms with Crippen molar-refractivity contribution in [2.24, 2.45) is 5.41 Å². The minimum atomic E-state index is -0.956. The van der Waals surface area contributed by atoms with E-state index in [2.05, 4.69) is 25.8 Å². The predicted octanol–water partition coefficient (Wildman–Crippen LogP) is 3.59. The van der Waals surface area contributed by atoms with E-state index in [4.69, 9.17) is 9.97 Å². The van der Waals surface area contributed by atoms with Crippen molar-refractivity contribution in [1.82, 2.24) is 15.0 Å². The summed E-state index contributed by atoms with van der Waals surface area (Å²) >= 11 is 0. The van der Waals surface area contributed by atoms with Crippen LogP contribution in [0.15, 0.2) is 30.5 Å². The first-order valence-electron chi connectivity index (χ1n) is 8.63. The maximum atomic E-state index is 12.4. The molecule has 2 heterocycles. The van der Waals surface area contributed by atoms with Gasteiger partial charge in [0.1, 0.15) is 5.41 Å². The van der Waals surface area contributed by atoms with Gasteiger partial charge in [-0.3, -0.25) is 9.78 Å². The maximum Gasteiger partial charge on any atom is 0.316 e. The van der Waals surface area contributed by atoms with Crippen molar-refractivity contribution < 1.29 is 9.90 Å². The lowest BCUT2D eigenvalue weighted by Gasteiger charge is -2.37. The van der Waals surface area contributed by atoms with Gasteiger partial charge in [-0.2, -0.15) is 0 Å². The van der Waals surface area contributed by atoms with Gasteiger partial charge in [0.25, 0.3) is 0 Å². The van der Waals surface area contributed by atoms with Gasteiger partial charge < -0.3 is 5.11 Å². The Bertz CT molecular complexity index is 1090. The van der Waals surface area contributed by atoms with Crippen LogP contribution < -0.4 is 0 Å². The number of hydrogen-bond acceptors (Lipinski definition) is 4. The van der Waals surface area contributed by atoms with E-state index < -0.39 is 16.8 Å². The zero-order valence-corrected chi connectivity index (χ0v) is 14.5. The SMILES string of the molecule is CC1(C)[C@]2(C)CC[C@@]1(C(=O)O)c1nc3ccc4ncccc4c3nc12. The average Bonchev–Trinajstić information content (AvgIpc) is 2.89. The summed E-state index contributed by atoms with van der Waals surface area (Å²) in [5.41, 5.74) is 2.28. The Morgan fingerprint density at radius 1 is 1.04 bits per heavy atom. The monoisotopic (exact) mass is 333 g/mol. The van der Waals surface area contributed by atoms with Crippen molar-refractivity contribution >= 4 is 27.9 Å². The molecule has 0 saturated heterocycles. The maximum absolute atomic E-state index is 12.4.